The van der Waals surface area contributed by atoms with Crippen LogP contribution in [0.25, 0.3) is 21.5 Å². The molecule has 4 aromatic rings. The van der Waals surface area contributed by atoms with Gasteiger partial charge in [0.2, 0.25) is 0 Å². The molecule has 5 rings (SSSR count). The molecule has 0 bridgehead atoms. The zero-order valence-corrected chi connectivity index (χ0v) is 17.2. The molecule has 0 radical (unpaired) electrons. The van der Waals surface area contributed by atoms with Crippen LogP contribution in [0.5, 0.6) is 0 Å². The first kappa shape index (κ1) is 19.2. The van der Waals surface area contributed by atoms with Crippen molar-refractivity contribution in [3.8, 4) is 0 Å². The van der Waals surface area contributed by atoms with Crippen LogP contribution >= 0.6 is 11.6 Å². The number of aliphatic hydroxyl groups is 1. The Morgan fingerprint density at radius 1 is 1.00 bits per heavy atom. The van der Waals surface area contributed by atoms with Crippen molar-refractivity contribution in [3.05, 3.63) is 81.5 Å². The predicted octanol–water partition coefficient (Wildman–Crippen LogP) is 4.66. The molecule has 2 aromatic carbocycles. The molecule has 5 nitrogen and oxygen atoms in total. The van der Waals surface area contributed by atoms with Crippen LogP contribution in [-0.2, 0) is 6.42 Å². The number of aromatic nitrogens is 3. The summed E-state index contributed by atoms with van der Waals surface area (Å²) in [6.07, 6.45) is 7.14. The van der Waals surface area contributed by atoms with Gasteiger partial charge in [-0.15, -0.1) is 0 Å². The van der Waals surface area contributed by atoms with E-state index in [1.54, 1.807) is 18.5 Å². The van der Waals surface area contributed by atoms with Gasteiger partial charge in [0.25, 0.3) is 5.56 Å². The number of fused-ring (bicyclic) bond motifs is 3. The highest BCUT2D eigenvalue weighted by molar-refractivity contribution is 6.29. The van der Waals surface area contributed by atoms with Crippen molar-refractivity contribution in [1.82, 2.24) is 14.8 Å². The maximum absolute atomic E-state index is 13.4. The number of nitrogens with zero attached hydrogens (tertiary/aromatic N) is 3. The highest BCUT2D eigenvalue weighted by atomic mass is 35.5. The Balaban J connectivity index is 1.70. The van der Waals surface area contributed by atoms with E-state index in [4.69, 9.17) is 11.6 Å². The fourth-order valence-corrected chi connectivity index (χ4v) is 4.69. The van der Waals surface area contributed by atoms with Gasteiger partial charge in [-0.25, -0.2) is 9.67 Å². The largest absolute Gasteiger partial charge is 0.391 e. The number of rotatable bonds is 3. The number of hydrogen-bond acceptors (Lipinski definition) is 4. The summed E-state index contributed by atoms with van der Waals surface area (Å²) in [7, 11) is 0. The minimum Gasteiger partial charge on any atom is -0.391 e. The molecule has 0 aliphatic heterocycles. The van der Waals surface area contributed by atoms with E-state index in [1.165, 1.54) is 4.68 Å². The van der Waals surface area contributed by atoms with E-state index in [9.17, 15) is 9.90 Å². The zero-order valence-electron chi connectivity index (χ0n) is 16.5. The first-order valence-electron chi connectivity index (χ1n) is 10.3. The molecule has 1 unspecified atom stereocenters. The number of aliphatic hydroxyl groups excluding tert-OH is 1. The standard InChI is InChI=1S/C24H22ClN3O2/c25-23-10-9-15(13-26-23)11-16-12-19-20(18-6-2-1-5-17(16)18)14-27-28(24(19)30)21-7-3-4-8-22(21)29/h1-2,5-6,9-10,12-14,21-22,29H,3-4,7-8,11H2/t21?,22-/m0/s1. The normalized spacial score (nSPS) is 19.4. The third kappa shape index (κ3) is 3.38. The van der Waals surface area contributed by atoms with Crippen LogP contribution in [0.4, 0.5) is 0 Å². The van der Waals surface area contributed by atoms with E-state index in [1.807, 2.05) is 30.3 Å². The Kier molecular flexibility index (Phi) is 5.01. The fraction of sp³-hybridized carbons (Fsp3) is 0.292. The minimum absolute atomic E-state index is 0.139. The van der Waals surface area contributed by atoms with Crippen molar-refractivity contribution < 1.29 is 5.11 Å². The van der Waals surface area contributed by atoms with Gasteiger partial charge in [-0.05, 0) is 53.3 Å². The number of hydrogen-bond donors (Lipinski definition) is 1. The van der Waals surface area contributed by atoms with Gasteiger partial charge < -0.3 is 5.11 Å². The molecule has 0 amide bonds. The second kappa shape index (κ2) is 7.82. The molecule has 1 aliphatic rings. The Morgan fingerprint density at radius 2 is 1.80 bits per heavy atom. The van der Waals surface area contributed by atoms with Crippen molar-refractivity contribution in [1.29, 1.82) is 0 Å². The Labute approximate surface area is 178 Å². The van der Waals surface area contributed by atoms with Crippen molar-refractivity contribution in [2.45, 2.75) is 44.2 Å². The Morgan fingerprint density at radius 3 is 2.57 bits per heavy atom. The first-order chi connectivity index (χ1) is 14.6. The van der Waals surface area contributed by atoms with E-state index in [2.05, 4.69) is 16.1 Å². The summed E-state index contributed by atoms with van der Waals surface area (Å²) in [5.41, 5.74) is 1.95. The first-order valence-corrected chi connectivity index (χ1v) is 10.7. The molecule has 1 N–H and O–H groups in total. The van der Waals surface area contributed by atoms with Crippen LogP contribution in [0.3, 0.4) is 0 Å². The molecular formula is C24H22ClN3O2. The quantitative estimate of drug-likeness (QED) is 0.387. The summed E-state index contributed by atoms with van der Waals surface area (Å²) in [5, 5.41) is 19.0. The van der Waals surface area contributed by atoms with Crippen molar-refractivity contribution in [2.75, 3.05) is 0 Å². The Hall–Kier alpha value is -2.76. The molecular weight excluding hydrogens is 398 g/mol. The number of pyridine rings is 1. The summed E-state index contributed by atoms with van der Waals surface area (Å²) in [4.78, 5) is 17.6. The van der Waals surface area contributed by atoms with Gasteiger partial charge in [0.1, 0.15) is 5.15 Å². The van der Waals surface area contributed by atoms with Gasteiger partial charge in [0, 0.05) is 11.6 Å². The minimum atomic E-state index is -0.526. The van der Waals surface area contributed by atoms with Crippen LogP contribution in [0.1, 0.15) is 42.9 Å². The molecule has 2 atom stereocenters. The summed E-state index contributed by atoms with van der Waals surface area (Å²) in [6, 6.07) is 13.5. The molecule has 0 saturated heterocycles. The van der Waals surface area contributed by atoms with Gasteiger partial charge in [0.05, 0.1) is 23.7 Å². The zero-order chi connectivity index (χ0) is 20.7. The van der Waals surface area contributed by atoms with Crippen LogP contribution in [0.15, 0.2) is 59.7 Å². The lowest BCUT2D eigenvalue weighted by molar-refractivity contribution is 0.0672. The van der Waals surface area contributed by atoms with Crippen molar-refractivity contribution >= 4 is 33.1 Å². The predicted molar refractivity (Wildman–Crippen MR) is 119 cm³/mol. The van der Waals surface area contributed by atoms with E-state index < -0.39 is 6.10 Å². The molecule has 2 heterocycles. The van der Waals surface area contributed by atoms with E-state index >= 15 is 0 Å². The average Bonchev–Trinajstić information content (AvgIpc) is 2.77. The smallest absolute Gasteiger partial charge is 0.275 e. The maximum atomic E-state index is 13.4. The molecule has 0 spiro atoms. The molecule has 30 heavy (non-hydrogen) atoms. The fourth-order valence-electron chi connectivity index (χ4n) is 4.58. The molecule has 2 aromatic heterocycles. The average molecular weight is 420 g/mol. The highest BCUT2D eigenvalue weighted by Crippen LogP contribution is 2.30. The van der Waals surface area contributed by atoms with E-state index in [0.29, 0.717) is 23.4 Å². The lowest BCUT2D eigenvalue weighted by atomic mass is 9.92. The van der Waals surface area contributed by atoms with Gasteiger partial charge in [-0.2, -0.15) is 5.10 Å². The monoisotopic (exact) mass is 419 g/mol. The van der Waals surface area contributed by atoms with Gasteiger partial charge in [-0.1, -0.05) is 54.8 Å². The third-order valence-electron chi connectivity index (χ3n) is 6.11. The third-order valence-corrected chi connectivity index (χ3v) is 6.34. The van der Waals surface area contributed by atoms with Crippen LogP contribution in [0.2, 0.25) is 5.15 Å². The van der Waals surface area contributed by atoms with E-state index in [-0.39, 0.29) is 11.6 Å². The maximum Gasteiger partial charge on any atom is 0.275 e. The molecule has 1 fully saturated rings. The van der Waals surface area contributed by atoms with Crippen molar-refractivity contribution in [2.24, 2.45) is 0 Å². The SMILES string of the molecule is O=c1c2cc(Cc3ccc(Cl)nc3)c3ccccc3c2cnn1C1CCCC[C@@H]1O. The van der Waals surface area contributed by atoms with Crippen LogP contribution in [0, 0.1) is 0 Å². The second-order valence-corrected chi connectivity index (χ2v) is 8.41. The summed E-state index contributed by atoms with van der Waals surface area (Å²) in [6.45, 7) is 0. The van der Waals surface area contributed by atoms with Gasteiger partial charge in [-0.3, -0.25) is 4.79 Å². The lowest BCUT2D eigenvalue weighted by Crippen LogP contribution is -2.36. The lowest BCUT2D eigenvalue weighted by Gasteiger charge is -2.28. The highest BCUT2D eigenvalue weighted by Gasteiger charge is 2.27. The second-order valence-electron chi connectivity index (χ2n) is 8.02. The van der Waals surface area contributed by atoms with Gasteiger partial charge >= 0.3 is 0 Å². The summed E-state index contributed by atoms with van der Waals surface area (Å²) >= 11 is 5.93. The topological polar surface area (TPSA) is 68.0 Å². The molecule has 152 valence electrons. The molecule has 1 saturated carbocycles. The molecule has 6 heteroatoms. The summed E-state index contributed by atoms with van der Waals surface area (Å²) < 4.78 is 1.49. The van der Waals surface area contributed by atoms with Crippen LogP contribution in [-0.4, -0.2) is 26.0 Å². The van der Waals surface area contributed by atoms with Gasteiger partial charge in [0.15, 0.2) is 0 Å². The van der Waals surface area contributed by atoms with E-state index in [0.717, 1.165) is 46.5 Å². The van der Waals surface area contributed by atoms with Crippen LogP contribution < -0.4 is 5.56 Å². The Bertz CT molecular complexity index is 1280. The summed E-state index contributed by atoms with van der Waals surface area (Å²) in [5.74, 6) is 0. The van der Waals surface area contributed by atoms with Crippen molar-refractivity contribution in [3.63, 3.8) is 0 Å². The number of halogens is 1. The molecule has 1 aliphatic carbocycles. The number of benzene rings is 2.